The molecule has 1 aromatic heterocycles. The molecule has 0 atom stereocenters. The molecule has 0 fully saturated rings. The molecule has 0 aliphatic heterocycles. The first kappa shape index (κ1) is 18.6. The predicted octanol–water partition coefficient (Wildman–Crippen LogP) is 9.12. The van der Waals surface area contributed by atoms with Crippen molar-refractivity contribution in [1.29, 1.82) is 0 Å². The highest BCUT2D eigenvalue weighted by molar-refractivity contribution is 6.31. The summed E-state index contributed by atoms with van der Waals surface area (Å²) < 4.78 is 0. The Morgan fingerprint density at radius 3 is 2.09 bits per heavy atom. The summed E-state index contributed by atoms with van der Waals surface area (Å²) in [6.07, 6.45) is 1.93. The van der Waals surface area contributed by atoms with E-state index in [1.165, 1.54) is 37.9 Å². The van der Waals surface area contributed by atoms with Crippen LogP contribution in [0.4, 0.5) is 0 Å². The van der Waals surface area contributed by atoms with Crippen LogP contribution in [0.1, 0.15) is 0 Å². The lowest BCUT2D eigenvalue weighted by molar-refractivity contribution is 1.41. The van der Waals surface area contributed by atoms with Crippen LogP contribution in [0.5, 0.6) is 0 Å². The Balaban J connectivity index is 1.48. The van der Waals surface area contributed by atoms with E-state index in [1.807, 2.05) is 30.5 Å². The molecule has 0 aliphatic rings. The largest absolute Gasteiger partial charge is 0.256 e. The first-order chi connectivity index (χ1) is 16.2. The van der Waals surface area contributed by atoms with Gasteiger partial charge < -0.3 is 0 Å². The lowest BCUT2D eigenvalue weighted by Gasteiger charge is -2.15. The maximum absolute atomic E-state index is 6.65. The van der Waals surface area contributed by atoms with Gasteiger partial charge in [-0.3, -0.25) is 4.98 Å². The average Bonchev–Trinajstić information content (AvgIpc) is 2.86. The molecule has 0 N–H and O–H groups in total. The summed E-state index contributed by atoms with van der Waals surface area (Å²) in [6.45, 7) is 0. The second kappa shape index (κ2) is 7.03. The molecule has 0 unspecified atom stereocenters. The van der Waals surface area contributed by atoms with Crippen molar-refractivity contribution in [3.05, 3.63) is 114 Å². The molecule has 1 heterocycles. The fourth-order valence-corrected chi connectivity index (χ4v) is 5.36. The Morgan fingerprint density at radius 2 is 1.21 bits per heavy atom. The second-order valence-corrected chi connectivity index (χ2v) is 9.05. The van der Waals surface area contributed by atoms with Crippen LogP contribution >= 0.6 is 11.6 Å². The van der Waals surface area contributed by atoms with Gasteiger partial charge in [0.05, 0.1) is 5.52 Å². The fourth-order valence-electron chi connectivity index (χ4n) is 5.13. The van der Waals surface area contributed by atoms with Gasteiger partial charge in [0.25, 0.3) is 0 Å². The minimum absolute atomic E-state index is 0.723. The number of halogens is 1. The van der Waals surface area contributed by atoms with Gasteiger partial charge >= 0.3 is 0 Å². The molecule has 1 nitrogen and oxygen atoms in total. The molecule has 33 heavy (non-hydrogen) atoms. The van der Waals surface area contributed by atoms with Crippen molar-refractivity contribution in [3.63, 3.8) is 0 Å². The molecule has 0 amide bonds. The van der Waals surface area contributed by atoms with Crippen LogP contribution in [0.2, 0.25) is 5.02 Å². The van der Waals surface area contributed by atoms with Crippen molar-refractivity contribution >= 4 is 54.8 Å². The number of rotatable bonds is 2. The summed E-state index contributed by atoms with van der Waals surface area (Å²) in [4.78, 5) is 4.65. The maximum Gasteiger partial charge on any atom is 0.0702 e. The van der Waals surface area contributed by atoms with Gasteiger partial charge in [0, 0.05) is 22.2 Å². The Labute approximate surface area is 196 Å². The molecule has 0 saturated heterocycles. The molecule has 0 aliphatic carbocycles. The zero-order valence-corrected chi connectivity index (χ0v) is 18.5. The van der Waals surface area contributed by atoms with E-state index >= 15 is 0 Å². The van der Waals surface area contributed by atoms with Gasteiger partial charge in [-0.1, -0.05) is 84.4 Å². The van der Waals surface area contributed by atoms with Crippen molar-refractivity contribution in [2.24, 2.45) is 0 Å². The number of benzene rings is 6. The van der Waals surface area contributed by atoms with E-state index in [-0.39, 0.29) is 0 Å². The molecule has 0 bridgehead atoms. The molecular formula is C31H18ClN. The standard InChI is InChI=1S/C31H18ClN/c32-26-16-23(25-14-22-4-1-2-7-29(22)33-18-25)15-24(17-26)27-12-10-21-9-8-19-5-3-6-20-11-13-28(27)31(21)30(19)20/h1-18H. The summed E-state index contributed by atoms with van der Waals surface area (Å²) in [7, 11) is 0. The number of hydrogen-bond acceptors (Lipinski definition) is 1. The zero-order chi connectivity index (χ0) is 21.9. The van der Waals surface area contributed by atoms with Crippen LogP contribution in [-0.4, -0.2) is 4.98 Å². The molecule has 0 spiro atoms. The number of para-hydroxylation sites is 1. The maximum atomic E-state index is 6.65. The van der Waals surface area contributed by atoms with E-state index in [4.69, 9.17) is 11.6 Å². The number of hydrogen-bond donors (Lipinski definition) is 0. The number of fused-ring (bicyclic) bond motifs is 1. The van der Waals surface area contributed by atoms with Crippen LogP contribution in [0.3, 0.4) is 0 Å². The van der Waals surface area contributed by atoms with Crippen molar-refractivity contribution < 1.29 is 0 Å². The Kier molecular flexibility index (Phi) is 3.97. The summed E-state index contributed by atoms with van der Waals surface area (Å²) >= 11 is 6.65. The average molecular weight is 440 g/mol. The summed E-state index contributed by atoms with van der Waals surface area (Å²) in [5.41, 5.74) is 5.44. The Bertz CT molecular complexity index is 1820. The molecule has 154 valence electrons. The number of pyridine rings is 1. The van der Waals surface area contributed by atoms with E-state index in [0.29, 0.717) is 0 Å². The van der Waals surface area contributed by atoms with Crippen LogP contribution in [0.25, 0.3) is 65.5 Å². The monoisotopic (exact) mass is 439 g/mol. The highest BCUT2D eigenvalue weighted by atomic mass is 35.5. The van der Waals surface area contributed by atoms with Gasteiger partial charge in [-0.25, -0.2) is 0 Å². The van der Waals surface area contributed by atoms with E-state index in [0.717, 1.165) is 32.6 Å². The molecule has 7 rings (SSSR count). The van der Waals surface area contributed by atoms with Gasteiger partial charge in [0.2, 0.25) is 0 Å². The first-order valence-electron chi connectivity index (χ1n) is 11.1. The fraction of sp³-hybridized carbons (Fsp3) is 0. The zero-order valence-electron chi connectivity index (χ0n) is 17.7. The van der Waals surface area contributed by atoms with E-state index in [9.17, 15) is 0 Å². The number of nitrogens with zero attached hydrogens (tertiary/aromatic N) is 1. The van der Waals surface area contributed by atoms with Crippen molar-refractivity contribution in [2.45, 2.75) is 0 Å². The smallest absolute Gasteiger partial charge is 0.0702 e. The van der Waals surface area contributed by atoms with Crippen molar-refractivity contribution in [3.8, 4) is 22.3 Å². The van der Waals surface area contributed by atoms with Crippen LogP contribution in [0.15, 0.2) is 109 Å². The Hall–Kier alpha value is -3.94. The highest BCUT2D eigenvalue weighted by Gasteiger charge is 2.13. The third-order valence-corrected chi connectivity index (χ3v) is 6.88. The normalized spacial score (nSPS) is 11.8. The molecule has 0 radical (unpaired) electrons. The molecule has 2 heteroatoms. The third-order valence-electron chi connectivity index (χ3n) is 6.66. The lowest BCUT2D eigenvalue weighted by atomic mass is 9.89. The van der Waals surface area contributed by atoms with Gasteiger partial charge in [0.1, 0.15) is 0 Å². The van der Waals surface area contributed by atoms with Gasteiger partial charge in [0.15, 0.2) is 0 Å². The first-order valence-corrected chi connectivity index (χ1v) is 11.5. The van der Waals surface area contributed by atoms with Crippen LogP contribution in [-0.2, 0) is 0 Å². The molecule has 0 saturated carbocycles. The summed E-state index contributed by atoms with van der Waals surface area (Å²) in [6, 6.07) is 36.5. The predicted molar refractivity (Wildman–Crippen MR) is 141 cm³/mol. The quantitative estimate of drug-likeness (QED) is 0.245. The molecular weight excluding hydrogens is 422 g/mol. The minimum atomic E-state index is 0.723. The highest BCUT2D eigenvalue weighted by Crippen LogP contribution is 2.40. The van der Waals surface area contributed by atoms with E-state index in [2.05, 4.69) is 83.8 Å². The van der Waals surface area contributed by atoms with Gasteiger partial charge in [-0.05, 0) is 79.3 Å². The minimum Gasteiger partial charge on any atom is -0.256 e. The second-order valence-electron chi connectivity index (χ2n) is 8.61. The van der Waals surface area contributed by atoms with Gasteiger partial charge in [-0.2, -0.15) is 0 Å². The number of aromatic nitrogens is 1. The lowest BCUT2D eigenvalue weighted by Crippen LogP contribution is -1.89. The van der Waals surface area contributed by atoms with Crippen LogP contribution < -0.4 is 0 Å². The molecule has 6 aromatic carbocycles. The van der Waals surface area contributed by atoms with Crippen LogP contribution in [0, 0.1) is 0 Å². The molecule has 7 aromatic rings. The Morgan fingerprint density at radius 1 is 0.515 bits per heavy atom. The SMILES string of the molecule is Clc1cc(-c2cnc3ccccc3c2)cc(-c2ccc3ccc4cccc5ccc2c3c45)c1. The van der Waals surface area contributed by atoms with Gasteiger partial charge in [-0.15, -0.1) is 0 Å². The summed E-state index contributed by atoms with van der Waals surface area (Å²) in [5.74, 6) is 0. The van der Waals surface area contributed by atoms with Crippen molar-refractivity contribution in [2.75, 3.05) is 0 Å². The van der Waals surface area contributed by atoms with E-state index < -0.39 is 0 Å². The topological polar surface area (TPSA) is 12.9 Å². The summed E-state index contributed by atoms with van der Waals surface area (Å²) in [5, 5.41) is 9.56. The van der Waals surface area contributed by atoms with E-state index in [1.54, 1.807) is 0 Å². The van der Waals surface area contributed by atoms with Crippen molar-refractivity contribution in [1.82, 2.24) is 4.98 Å². The third kappa shape index (κ3) is 2.90.